The molecule has 0 aromatic heterocycles. The lowest BCUT2D eigenvalue weighted by Crippen LogP contribution is -2.30. The van der Waals surface area contributed by atoms with Crippen molar-refractivity contribution in [3.63, 3.8) is 0 Å². The van der Waals surface area contributed by atoms with Gasteiger partial charge in [-0.2, -0.15) is 0 Å². The number of aromatic hydroxyl groups is 1. The molecule has 3 N–H and O–H groups in total. The number of nitrogen functional groups attached to an aromatic ring is 1. The topological polar surface area (TPSA) is 66.6 Å². The second kappa shape index (κ2) is 5.61. The van der Waals surface area contributed by atoms with Crippen molar-refractivity contribution < 1.29 is 14.3 Å². The first kappa shape index (κ1) is 13.9. The fourth-order valence-electron chi connectivity index (χ4n) is 1.97. The summed E-state index contributed by atoms with van der Waals surface area (Å²) in [5.74, 6) is -1.11. The molecule has 20 heavy (non-hydrogen) atoms. The van der Waals surface area contributed by atoms with Gasteiger partial charge in [0.05, 0.1) is 11.3 Å². The van der Waals surface area contributed by atoms with E-state index in [2.05, 4.69) is 0 Å². The Morgan fingerprint density at radius 1 is 1.30 bits per heavy atom. The van der Waals surface area contributed by atoms with E-state index in [1.165, 1.54) is 35.2 Å². The zero-order chi connectivity index (χ0) is 14.7. The Labute approximate surface area is 116 Å². The summed E-state index contributed by atoms with van der Waals surface area (Å²) in [6.07, 6.45) is 0. The molecular formula is C15H15FN2O2. The molecule has 0 saturated heterocycles. The lowest BCUT2D eigenvalue weighted by atomic mass is 10.1. The number of para-hydroxylation sites is 1. The number of nitrogens with zero attached hydrogens (tertiary/aromatic N) is 1. The van der Waals surface area contributed by atoms with E-state index in [0.29, 0.717) is 12.2 Å². The van der Waals surface area contributed by atoms with Crippen molar-refractivity contribution >= 4 is 17.3 Å². The van der Waals surface area contributed by atoms with Crippen LogP contribution in [0.1, 0.15) is 17.3 Å². The first-order valence-electron chi connectivity index (χ1n) is 6.19. The van der Waals surface area contributed by atoms with Crippen molar-refractivity contribution in [2.24, 2.45) is 0 Å². The Bertz CT molecular complexity index is 644. The van der Waals surface area contributed by atoms with Crippen LogP contribution in [0.5, 0.6) is 5.75 Å². The Hall–Kier alpha value is -2.56. The summed E-state index contributed by atoms with van der Waals surface area (Å²) in [6, 6.07) is 10.3. The first-order chi connectivity index (χ1) is 9.54. The summed E-state index contributed by atoms with van der Waals surface area (Å²) in [5.41, 5.74) is 6.24. The Balaban J connectivity index is 2.42. The molecule has 0 unspecified atom stereocenters. The van der Waals surface area contributed by atoms with E-state index in [1.807, 2.05) is 0 Å². The molecular weight excluding hydrogens is 259 g/mol. The highest BCUT2D eigenvalue weighted by molar-refractivity contribution is 6.08. The Kier molecular flexibility index (Phi) is 3.89. The lowest BCUT2D eigenvalue weighted by molar-refractivity contribution is 0.0986. The van der Waals surface area contributed by atoms with Crippen LogP contribution >= 0.6 is 0 Å². The molecule has 2 aromatic carbocycles. The van der Waals surface area contributed by atoms with Gasteiger partial charge in [0.1, 0.15) is 5.82 Å². The van der Waals surface area contributed by atoms with Crippen LogP contribution in [0.2, 0.25) is 0 Å². The maximum absolute atomic E-state index is 13.3. The van der Waals surface area contributed by atoms with Crippen molar-refractivity contribution in [1.82, 2.24) is 0 Å². The molecule has 0 heterocycles. The minimum absolute atomic E-state index is 0.0936. The van der Waals surface area contributed by atoms with E-state index in [-0.39, 0.29) is 17.0 Å². The van der Waals surface area contributed by atoms with E-state index in [1.54, 1.807) is 19.1 Å². The maximum Gasteiger partial charge on any atom is 0.262 e. The second-order valence-electron chi connectivity index (χ2n) is 4.27. The summed E-state index contributed by atoms with van der Waals surface area (Å²) in [6.45, 7) is 2.11. The van der Waals surface area contributed by atoms with E-state index in [0.717, 1.165) is 0 Å². The van der Waals surface area contributed by atoms with Crippen molar-refractivity contribution in [3.8, 4) is 5.75 Å². The molecule has 2 rings (SSSR count). The second-order valence-corrected chi connectivity index (χ2v) is 4.27. The SMILES string of the molecule is CCN(C(=O)c1cccc(N)c1O)c1cccc(F)c1. The Morgan fingerprint density at radius 2 is 2.00 bits per heavy atom. The highest BCUT2D eigenvalue weighted by atomic mass is 19.1. The minimum Gasteiger partial charge on any atom is -0.505 e. The monoisotopic (exact) mass is 274 g/mol. The van der Waals surface area contributed by atoms with E-state index >= 15 is 0 Å². The molecule has 2 aromatic rings. The molecule has 4 nitrogen and oxygen atoms in total. The van der Waals surface area contributed by atoms with Gasteiger partial charge in [-0.3, -0.25) is 4.79 Å². The lowest BCUT2D eigenvalue weighted by Gasteiger charge is -2.21. The Morgan fingerprint density at radius 3 is 2.65 bits per heavy atom. The van der Waals surface area contributed by atoms with E-state index < -0.39 is 11.7 Å². The number of carbonyl (C=O) groups excluding carboxylic acids is 1. The summed E-state index contributed by atoms with van der Waals surface area (Å²) >= 11 is 0. The molecule has 0 atom stereocenters. The van der Waals surface area contributed by atoms with Crippen LogP contribution in [-0.4, -0.2) is 17.6 Å². The predicted octanol–water partition coefficient (Wildman–Crippen LogP) is 2.78. The van der Waals surface area contributed by atoms with Gasteiger partial charge >= 0.3 is 0 Å². The van der Waals surface area contributed by atoms with Crippen molar-refractivity contribution in [2.75, 3.05) is 17.2 Å². The van der Waals surface area contributed by atoms with Gasteiger partial charge in [-0.05, 0) is 37.3 Å². The fraction of sp³-hybridized carbons (Fsp3) is 0.133. The van der Waals surface area contributed by atoms with Gasteiger partial charge in [0, 0.05) is 12.2 Å². The number of phenols is 1. The molecule has 0 fully saturated rings. The molecule has 1 amide bonds. The van der Waals surface area contributed by atoms with E-state index in [9.17, 15) is 14.3 Å². The third kappa shape index (κ3) is 2.56. The maximum atomic E-state index is 13.3. The molecule has 0 aliphatic heterocycles. The predicted molar refractivity (Wildman–Crippen MR) is 76.3 cm³/mol. The van der Waals surface area contributed by atoms with Crippen LogP contribution in [0, 0.1) is 5.82 Å². The van der Waals surface area contributed by atoms with Crippen LogP contribution in [0.3, 0.4) is 0 Å². The zero-order valence-electron chi connectivity index (χ0n) is 11.0. The number of nitrogens with two attached hydrogens (primary N) is 1. The number of hydrogen-bond donors (Lipinski definition) is 2. The number of benzene rings is 2. The van der Waals surface area contributed by atoms with Crippen LogP contribution in [0.15, 0.2) is 42.5 Å². The third-order valence-electron chi connectivity index (χ3n) is 2.98. The number of amides is 1. The fourth-order valence-corrected chi connectivity index (χ4v) is 1.97. The van der Waals surface area contributed by atoms with Gasteiger partial charge in [-0.15, -0.1) is 0 Å². The molecule has 0 bridgehead atoms. The van der Waals surface area contributed by atoms with Gasteiger partial charge in [-0.25, -0.2) is 4.39 Å². The summed E-state index contributed by atoms with van der Waals surface area (Å²) in [7, 11) is 0. The van der Waals surface area contributed by atoms with Gasteiger partial charge in [0.15, 0.2) is 5.75 Å². The molecule has 5 heteroatoms. The van der Waals surface area contributed by atoms with Crippen LogP contribution in [-0.2, 0) is 0 Å². The number of carbonyl (C=O) groups is 1. The number of anilines is 2. The minimum atomic E-state index is -0.428. The summed E-state index contributed by atoms with van der Waals surface area (Å²) in [5, 5.41) is 9.87. The van der Waals surface area contributed by atoms with Crippen LogP contribution < -0.4 is 10.6 Å². The molecule has 0 aliphatic carbocycles. The van der Waals surface area contributed by atoms with Crippen LogP contribution in [0.4, 0.5) is 15.8 Å². The average molecular weight is 274 g/mol. The smallest absolute Gasteiger partial charge is 0.262 e. The molecule has 0 saturated carbocycles. The first-order valence-corrected chi connectivity index (χ1v) is 6.19. The van der Waals surface area contributed by atoms with Gasteiger partial charge < -0.3 is 15.7 Å². The van der Waals surface area contributed by atoms with Gasteiger partial charge in [0.25, 0.3) is 5.91 Å². The number of halogens is 1. The van der Waals surface area contributed by atoms with Gasteiger partial charge in [0.2, 0.25) is 0 Å². The summed E-state index contributed by atoms with van der Waals surface area (Å²) in [4.78, 5) is 13.8. The number of rotatable bonds is 3. The zero-order valence-corrected chi connectivity index (χ0v) is 11.0. The molecule has 0 radical (unpaired) electrons. The van der Waals surface area contributed by atoms with Crippen LogP contribution in [0.25, 0.3) is 0 Å². The highest BCUT2D eigenvalue weighted by Gasteiger charge is 2.20. The molecule has 104 valence electrons. The van der Waals surface area contributed by atoms with E-state index in [4.69, 9.17) is 5.73 Å². The largest absolute Gasteiger partial charge is 0.505 e. The number of hydrogen-bond acceptors (Lipinski definition) is 3. The van der Waals surface area contributed by atoms with Gasteiger partial charge in [-0.1, -0.05) is 12.1 Å². The van der Waals surface area contributed by atoms with Crippen molar-refractivity contribution in [1.29, 1.82) is 0 Å². The highest BCUT2D eigenvalue weighted by Crippen LogP contribution is 2.27. The van der Waals surface area contributed by atoms with Crippen molar-refractivity contribution in [3.05, 3.63) is 53.8 Å². The normalized spacial score (nSPS) is 10.3. The quantitative estimate of drug-likeness (QED) is 0.668. The third-order valence-corrected chi connectivity index (χ3v) is 2.98. The molecule has 0 spiro atoms. The molecule has 0 aliphatic rings. The number of phenolic OH excluding ortho intramolecular Hbond substituents is 1. The average Bonchev–Trinajstić information content (AvgIpc) is 2.42. The summed E-state index contributed by atoms with van der Waals surface area (Å²) < 4.78 is 13.3. The van der Waals surface area contributed by atoms with Crippen molar-refractivity contribution in [2.45, 2.75) is 6.92 Å². The standard InChI is InChI=1S/C15H15FN2O2/c1-2-18(11-6-3-5-10(16)9-11)15(20)12-7-4-8-13(17)14(12)19/h3-9,19H,2,17H2,1H3.